The normalized spacial score (nSPS) is 11.3. The minimum atomic E-state index is 0.719. The standard InChI is InChI=1S/C40H26N2O/c1-3-10-30(11-4-1)35-26-36(42-40(41-35)32-12-5-2-6-13-32)31-24-20-28(21-25-31)27-18-22-29(23-19-27)33-15-9-17-38-39(33)34-14-7-8-16-37(34)43-38/h1-26H. The van der Waals surface area contributed by atoms with Gasteiger partial charge in [-0.05, 0) is 40.5 Å². The van der Waals surface area contributed by atoms with Crippen molar-refractivity contribution >= 4 is 21.9 Å². The number of fused-ring (bicyclic) bond motifs is 3. The molecule has 6 aromatic carbocycles. The van der Waals surface area contributed by atoms with E-state index in [0.29, 0.717) is 0 Å². The first-order valence-corrected chi connectivity index (χ1v) is 14.4. The molecule has 0 aliphatic rings. The number of benzene rings is 6. The van der Waals surface area contributed by atoms with Gasteiger partial charge in [-0.15, -0.1) is 0 Å². The molecule has 3 heteroatoms. The van der Waals surface area contributed by atoms with Crippen LogP contribution < -0.4 is 0 Å². The van der Waals surface area contributed by atoms with E-state index in [9.17, 15) is 0 Å². The third kappa shape index (κ3) is 4.67. The summed E-state index contributed by atoms with van der Waals surface area (Å²) in [7, 11) is 0. The number of hydrogen-bond donors (Lipinski definition) is 0. The fraction of sp³-hybridized carbons (Fsp3) is 0. The molecule has 0 spiro atoms. The number of aromatic nitrogens is 2. The minimum absolute atomic E-state index is 0.719. The lowest BCUT2D eigenvalue weighted by molar-refractivity contribution is 0.669. The summed E-state index contributed by atoms with van der Waals surface area (Å²) in [6.45, 7) is 0. The van der Waals surface area contributed by atoms with E-state index < -0.39 is 0 Å². The van der Waals surface area contributed by atoms with Crippen LogP contribution in [0, 0.1) is 0 Å². The van der Waals surface area contributed by atoms with Crippen LogP contribution in [0.3, 0.4) is 0 Å². The van der Waals surface area contributed by atoms with Crippen molar-refractivity contribution in [1.82, 2.24) is 9.97 Å². The Labute approximate surface area is 249 Å². The maximum Gasteiger partial charge on any atom is 0.160 e. The van der Waals surface area contributed by atoms with Crippen LogP contribution in [0.15, 0.2) is 162 Å². The molecule has 0 saturated heterocycles. The average molecular weight is 551 g/mol. The zero-order valence-electron chi connectivity index (χ0n) is 23.3. The second-order valence-corrected chi connectivity index (χ2v) is 10.6. The van der Waals surface area contributed by atoms with Gasteiger partial charge in [-0.1, -0.05) is 140 Å². The second kappa shape index (κ2) is 10.6. The van der Waals surface area contributed by atoms with Gasteiger partial charge in [-0.2, -0.15) is 0 Å². The molecule has 43 heavy (non-hydrogen) atoms. The Morgan fingerprint density at radius 3 is 1.56 bits per heavy atom. The highest BCUT2D eigenvalue weighted by atomic mass is 16.3. The molecule has 8 rings (SSSR count). The third-order valence-electron chi connectivity index (χ3n) is 7.94. The lowest BCUT2D eigenvalue weighted by Gasteiger charge is -2.10. The largest absolute Gasteiger partial charge is 0.456 e. The Bertz CT molecular complexity index is 2140. The van der Waals surface area contributed by atoms with E-state index in [4.69, 9.17) is 14.4 Å². The van der Waals surface area contributed by atoms with Gasteiger partial charge in [0, 0.05) is 27.5 Å². The van der Waals surface area contributed by atoms with Crippen LogP contribution in [-0.2, 0) is 0 Å². The number of hydrogen-bond acceptors (Lipinski definition) is 3. The molecule has 2 aromatic heterocycles. The van der Waals surface area contributed by atoms with E-state index in [0.717, 1.165) is 67.0 Å². The molecule has 0 unspecified atom stereocenters. The van der Waals surface area contributed by atoms with Crippen molar-refractivity contribution in [2.24, 2.45) is 0 Å². The Morgan fingerprint density at radius 2 is 0.884 bits per heavy atom. The van der Waals surface area contributed by atoms with E-state index in [1.165, 1.54) is 11.1 Å². The van der Waals surface area contributed by atoms with E-state index in [1.807, 2.05) is 54.6 Å². The monoisotopic (exact) mass is 550 g/mol. The Kier molecular flexibility index (Phi) is 6.12. The van der Waals surface area contributed by atoms with E-state index in [2.05, 4.69) is 103 Å². The molecule has 0 aliphatic heterocycles. The van der Waals surface area contributed by atoms with Crippen LogP contribution in [-0.4, -0.2) is 9.97 Å². The lowest BCUT2D eigenvalue weighted by atomic mass is 9.96. The molecule has 0 N–H and O–H groups in total. The highest BCUT2D eigenvalue weighted by Crippen LogP contribution is 2.37. The van der Waals surface area contributed by atoms with E-state index >= 15 is 0 Å². The molecule has 0 saturated carbocycles. The van der Waals surface area contributed by atoms with Crippen molar-refractivity contribution in [2.75, 3.05) is 0 Å². The molecule has 0 fully saturated rings. The van der Waals surface area contributed by atoms with Gasteiger partial charge in [0.2, 0.25) is 0 Å². The molecule has 202 valence electrons. The van der Waals surface area contributed by atoms with Crippen molar-refractivity contribution in [3.63, 3.8) is 0 Å². The zero-order valence-corrected chi connectivity index (χ0v) is 23.3. The summed E-state index contributed by atoms with van der Waals surface area (Å²) in [6, 6.07) is 54.4. The zero-order chi connectivity index (χ0) is 28.6. The smallest absolute Gasteiger partial charge is 0.160 e. The highest BCUT2D eigenvalue weighted by Gasteiger charge is 2.13. The second-order valence-electron chi connectivity index (χ2n) is 10.6. The Hall–Kier alpha value is -5.80. The Balaban J connectivity index is 1.13. The van der Waals surface area contributed by atoms with Crippen molar-refractivity contribution < 1.29 is 4.42 Å². The third-order valence-corrected chi connectivity index (χ3v) is 7.94. The summed E-state index contributed by atoms with van der Waals surface area (Å²) >= 11 is 0. The summed E-state index contributed by atoms with van der Waals surface area (Å²) in [5, 5.41) is 2.30. The summed E-state index contributed by atoms with van der Waals surface area (Å²) in [4.78, 5) is 9.88. The first kappa shape index (κ1) is 25.0. The number of furan rings is 1. The van der Waals surface area contributed by atoms with Crippen LogP contribution in [0.5, 0.6) is 0 Å². The van der Waals surface area contributed by atoms with Crippen LogP contribution >= 0.6 is 0 Å². The van der Waals surface area contributed by atoms with Gasteiger partial charge in [0.25, 0.3) is 0 Å². The molecule has 0 amide bonds. The van der Waals surface area contributed by atoms with Crippen LogP contribution in [0.4, 0.5) is 0 Å². The predicted octanol–water partition coefficient (Wildman–Crippen LogP) is 10.7. The minimum Gasteiger partial charge on any atom is -0.456 e. The van der Waals surface area contributed by atoms with Gasteiger partial charge in [0.05, 0.1) is 11.4 Å². The fourth-order valence-corrected chi connectivity index (χ4v) is 5.76. The average Bonchev–Trinajstić information content (AvgIpc) is 3.48. The molecular weight excluding hydrogens is 524 g/mol. The van der Waals surface area contributed by atoms with Crippen LogP contribution in [0.25, 0.3) is 78.1 Å². The van der Waals surface area contributed by atoms with E-state index in [1.54, 1.807) is 0 Å². The first-order valence-electron chi connectivity index (χ1n) is 14.4. The number of para-hydroxylation sites is 1. The molecule has 0 atom stereocenters. The lowest BCUT2D eigenvalue weighted by Crippen LogP contribution is -1.95. The van der Waals surface area contributed by atoms with Crippen LogP contribution in [0.2, 0.25) is 0 Å². The number of nitrogens with zero attached hydrogens (tertiary/aromatic N) is 2. The van der Waals surface area contributed by atoms with Gasteiger partial charge in [0.15, 0.2) is 5.82 Å². The maximum absolute atomic E-state index is 6.11. The summed E-state index contributed by atoms with van der Waals surface area (Å²) in [6.07, 6.45) is 0. The topological polar surface area (TPSA) is 38.9 Å². The summed E-state index contributed by atoms with van der Waals surface area (Å²) in [5.74, 6) is 0.719. The molecule has 0 aliphatic carbocycles. The number of rotatable bonds is 5. The van der Waals surface area contributed by atoms with Gasteiger partial charge in [-0.25, -0.2) is 9.97 Å². The first-order chi connectivity index (χ1) is 21.3. The molecule has 8 aromatic rings. The molecule has 0 bridgehead atoms. The Morgan fingerprint density at radius 1 is 0.372 bits per heavy atom. The van der Waals surface area contributed by atoms with Gasteiger partial charge in [0.1, 0.15) is 11.2 Å². The summed E-state index contributed by atoms with van der Waals surface area (Å²) < 4.78 is 6.11. The highest BCUT2D eigenvalue weighted by molar-refractivity contribution is 6.12. The maximum atomic E-state index is 6.11. The van der Waals surface area contributed by atoms with Gasteiger partial charge < -0.3 is 4.42 Å². The van der Waals surface area contributed by atoms with Gasteiger partial charge >= 0.3 is 0 Å². The van der Waals surface area contributed by atoms with Gasteiger partial charge in [-0.3, -0.25) is 0 Å². The fourth-order valence-electron chi connectivity index (χ4n) is 5.76. The van der Waals surface area contributed by atoms with E-state index in [-0.39, 0.29) is 0 Å². The quantitative estimate of drug-likeness (QED) is 0.214. The van der Waals surface area contributed by atoms with Crippen LogP contribution in [0.1, 0.15) is 0 Å². The SMILES string of the molecule is c1ccc(-c2cc(-c3ccc(-c4ccc(-c5cccc6oc7ccccc7c56)cc4)cc3)nc(-c3ccccc3)n2)cc1. The molecule has 2 heterocycles. The predicted molar refractivity (Wildman–Crippen MR) is 176 cm³/mol. The van der Waals surface area contributed by atoms with Crippen molar-refractivity contribution in [3.8, 4) is 56.2 Å². The van der Waals surface area contributed by atoms with Crippen molar-refractivity contribution in [1.29, 1.82) is 0 Å². The van der Waals surface area contributed by atoms with Crippen molar-refractivity contribution in [3.05, 3.63) is 158 Å². The summed E-state index contributed by atoms with van der Waals surface area (Å²) in [5.41, 5.74) is 11.4. The van der Waals surface area contributed by atoms with Crippen molar-refractivity contribution in [2.45, 2.75) is 0 Å². The molecule has 0 radical (unpaired) electrons. The molecular formula is C40H26N2O. The molecule has 3 nitrogen and oxygen atoms in total.